The number of rotatable bonds is 0. The maximum absolute atomic E-state index is 4.18. The molecule has 0 bridgehead atoms. The first-order valence-corrected chi connectivity index (χ1v) is 4.83. The molecule has 0 atom stereocenters. The van der Waals surface area contributed by atoms with Crippen LogP contribution in [0.3, 0.4) is 0 Å². The Bertz CT molecular complexity index is 325. The smallest absolute Gasteiger partial charge is 0.126 e. The summed E-state index contributed by atoms with van der Waals surface area (Å²) in [6.45, 7) is 7.98. The van der Waals surface area contributed by atoms with E-state index in [1.165, 1.54) is 16.2 Å². The van der Waals surface area contributed by atoms with Crippen LogP contribution in [0, 0.1) is 13.8 Å². The van der Waals surface area contributed by atoms with Gasteiger partial charge in [0.1, 0.15) is 5.52 Å². The third kappa shape index (κ3) is 1.34. The molecule has 0 saturated heterocycles. The lowest BCUT2D eigenvalue weighted by atomic mass is 10.4. The zero-order valence-electron chi connectivity index (χ0n) is 7.80. The summed E-state index contributed by atoms with van der Waals surface area (Å²) >= 11 is 1.50. The fraction of sp³-hybridized carbons (Fsp3) is 0.500. The van der Waals surface area contributed by atoms with Crippen LogP contribution in [0.4, 0.5) is 0 Å². The topological polar surface area (TPSA) is 41.6 Å². The van der Waals surface area contributed by atoms with Crippen molar-refractivity contribution in [2.24, 2.45) is 0 Å². The number of hydrogen-bond acceptors (Lipinski definition) is 3. The first-order chi connectivity index (χ1) is 5.79. The Hall–Kier alpha value is -0.900. The lowest BCUT2D eigenvalue weighted by Gasteiger charge is -1.74. The van der Waals surface area contributed by atoms with E-state index in [2.05, 4.69) is 14.6 Å². The Morgan fingerprint density at radius 2 is 1.92 bits per heavy atom. The highest BCUT2D eigenvalue weighted by atomic mass is 32.1. The van der Waals surface area contributed by atoms with Crippen LogP contribution in [0.1, 0.15) is 25.2 Å². The van der Waals surface area contributed by atoms with E-state index >= 15 is 0 Å². The number of H-pyrrole nitrogens is 1. The van der Waals surface area contributed by atoms with Crippen LogP contribution in [-0.2, 0) is 0 Å². The van der Waals surface area contributed by atoms with Crippen molar-refractivity contribution in [3.63, 3.8) is 0 Å². The van der Waals surface area contributed by atoms with Crippen LogP contribution < -0.4 is 0 Å². The predicted molar refractivity (Wildman–Crippen MR) is 52.6 cm³/mol. The standard InChI is InChI=1S/C6H7N3S.C2H6/c1-3-5-6(10-9-3)4(2)7-8-5;1-2/h1-2H3,(H,7,8);1-2H3. The number of aromatic amines is 1. The zero-order chi connectivity index (χ0) is 9.14. The van der Waals surface area contributed by atoms with Crippen LogP contribution in [0.15, 0.2) is 0 Å². The molecule has 0 amide bonds. The Morgan fingerprint density at radius 3 is 2.50 bits per heavy atom. The van der Waals surface area contributed by atoms with Gasteiger partial charge in [-0.05, 0) is 25.4 Å². The molecule has 2 rings (SSSR count). The fourth-order valence-electron chi connectivity index (χ4n) is 0.933. The molecule has 4 heteroatoms. The van der Waals surface area contributed by atoms with Crippen molar-refractivity contribution in [2.75, 3.05) is 0 Å². The van der Waals surface area contributed by atoms with Gasteiger partial charge < -0.3 is 0 Å². The van der Waals surface area contributed by atoms with Gasteiger partial charge in [0.2, 0.25) is 0 Å². The number of nitrogens with one attached hydrogen (secondary N) is 1. The van der Waals surface area contributed by atoms with Gasteiger partial charge in [0, 0.05) is 0 Å². The van der Waals surface area contributed by atoms with E-state index in [1.807, 2.05) is 27.7 Å². The summed E-state index contributed by atoms with van der Waals surface area (Å²) in [5, 5.41) is 7.02. The molecule has 1 N–H and O–H groups in total. The summed E-state index contributed by atoms with van der Waals surface area (Å²) in [5.74, 6) is 0. The molecule has 3 nitrogen and oxygen atoms in total. The number of aromatic nitrogens is 3. The molecule has 0 aromatic carbocycles. The number of hydrogen-bond donors (Lipinski definition) is 1. The maximum atomic E-state index is 4.18. The monoisotopic (exact) mass is 183 g/mol. The van der Waals surface area contributed by atoms with E-state index in [0.717, 1.165) is 16.9 Å². The molecule has 0 fully saturated rings. The van der Waals surface area contributed by atoms with E-state index in [0.29, 0.717) is 0 Å². The van der Waals surface area contributed by atoms with Crippen LogP contribution in [0.5, 0.6) is 0 Å². The van der Waals surface area contributed by atoms with Gasteiger partial charge >= 0.3 is 0 Å². The second-order valence-corrected chi connectivity index (χ2v) is 3.07. The fourth-order valence-corrected chi connectivity index (χ4v) is 1.71. The highest BCUT2D eigenvalue weighted by Crippen LogP contribution is 2.21. The van der Waals surface area contributed by atoms with Gasteiger partial charge in [-0.25, -0.2) is 0 Å². The van der Waals surface area contributed by atoms with Crippen molar-refractivity contribution in [1.29, 1.82) is 0 Å². The summed E-state index contributed by atoms with van der Waals surface area (Å²) in [6, 6.07) is 0. The van der Waals surface area contributed by atoms with E-state index in [9.17, 15) is 0 Å². The summed E-state index contributed by atoms with van der Waals surface area (Å²) in [5.41, 5.74) is 3.15. The Balaban J connectivity index is 0.000000336. The molecular formula is C8H13N3S. The van der Waals surface area contributed by atoms with Crippen LogP contribution >= 0.6 is 11.5 Å². The average molecular weight is 183 g/mol. The van der Waals surface area contributed by atoms with Gasteiger partial charge in [-0.3, -0.25) is 5.10 Å². The van der Waals surface area contributed by atoms with Gasteiger partial charge in [0.05, 0.1) is 16.1 Å². The van der Waals surface area contributed by atoms with Crippen LogP contribution in [0.25, 0.3) is 10.2 Å². The predicted octanol–water partition coefficient (Wildman–Crippen LogP) is 2.66. The van der Waals surface area contributed by atoms with Gasteiger partial charge in [0.15, 0.2) is 0 Å². The van der Waals surface area contributed by atoms with E-state index < -0.39 is 0 Å². The molecule has 2 aromatic heterocycles. The van der Waals surface area contributed by atoms with Crippen LogP contribution in [-0.4, -0.2) is 14.6 Å². The molecule has 12 heavy (non-hydrogen) atoms. The molecule has 0 spiro atoms. The second kappa shape index (κ2) is 3.67. The lowest BCUT2D eigenvalue weighted by molar-refractivity contribution is 1.06. The van der Waals surface area contributed by atoms with Crippen LogP contribution in [0.2, 0.25) is 0 Å². The van der Waals surface area contributed by atoms with Gasteiger partial charge in [-0.15, -0.1) is 0 Å². The van der Waals surface area contributed by atoms with Crippen molar-refractivity contribution in [3.05, 3.63) is 11.4 Å². The minimum atomic E-state index is 1.02. The van der Waals surface area contributed by atoms with Crippen molar-refractivity contribution in [1.82, 2.24) is 14.6 Å². The normalized spacial score (nSPS) is 9.67. The SMILES string of the molecule is CC.Cc1nsc2c(C)[nH]nc12. The number of nitrogens with zero attached hydrogens (tertiary/aromatic N) is 2. The molecule has 0 aliphatic rings. The molecule has 0 saturated carbocycles. The highest BCUT2D eigenvalue weighted by Gasteiger charge is 2.06. The molecule has 2 heterocycles. The summed E-state index contributed by atoms with van der Waals surface area (Å²) < 4.78 is 5.35. The molecule has 66 valence electrons. The minimum Gasteiger partial charge on any atom is -0.281 e. The Morgan fingerprint density at radius 1 is 1.25 bits per heavy atom. The Labute approximate surface area is 76.0 Å². The Kier molecular flexibility index (Phi) is 2.81. The molecule has 0 unspecified atom stereocenters. The summed E-state index contributed by atoms with van der Waals surface area (Å²) in [7, 11) is 0. The van der Waals surface area contributed by atoms with E-state index in [-0.39, 0.29) is 0 Å². The van der Waals surface area contributed by atoms with E-state index in [1.54, 1.807) is 0 Å². The third-order valence-corrected chi connectivity index (χ3v) is 2.55. The minimum absolute atomic E-state index is 1.02. The number of aryl methyl sites for hydroxylation is 2. The molecule has 0 aliphatic heterocycles. The van der Waals surface area contributed by atoms with Crippen molar-refractivity contribution >= 4 is 21.7 Å². The molecule has 2 aromatic rings. The first kappa shape index (κ1) is 9.19. The first-order valence-electron chi connectivity index (χ1n) is 4.06. The largest absolute Gasteiger partial charge is 0.281 e. The zero-order valence-corrected chi connectivity index (χ0v) is 8.62. The lowest BCUT2D eigenvalue weighted by Crippen LogP contribution is -1.72. The maximum Gasteiger partial charge on any atom is 0.126 e. The summed E-state index contributed by atoms with van der Waals surface area (Å²) in [4.78, 5) is 0. The van der Waals surface area contributed by atoms with Gasteiger partial charge in [0.25, 0.3) is 0 Å². The molecule has 0 aliphatic carbocycles. The molecular weight excluding hydrogens is 170 g/mol. The van der Waals surface area contributed by atoms with Crippen molar-refractivity contribution in [3.8, 4) is 0 Å². The van der Waals surface area contributed by atoms with E-state index in [4.69, 9.17) is 0 Å². The third-order valence-electron chi connectivity index (χ3n) is 1.51. The van der Waals surface area contributed by atoms with Crippen molar-refractivity contribution in [2.45, 2.75) is 27.7 Å². The van der Waals surface area contributed by atoms with Gasteiger partial charge in [-0.2, -0.15) is 9.47 Å². The number of fused-ring (bicyclic) bond motifs is 1. The quantitative estimate of drug-likeness (QED) is 0.682. The second-order valence-electron chi connectivity index (χ2n) is 2.29. The van der Waals surface area contributed by atoms with Crippen molar-refractivity contribution < 1.29 is 0 Å². The van der Waals surface area contributed by atoms with Gasteiger partial charge in [-0.1, -0.05) is 13.8 Å². The average Bonchev–Trinajstić information content (AvgIpc) is 2.62. The summed E-state index contributed by atoms with van der Waals surface area (Å²) in [6.07, 6.45) is 0. The molecule has 0 radical (unpaired) electrons. The highest BCUT2D eigenvalue weighted by molar-refractivity contribution is 7.13.